The van der Waals surface area contributed by atoms with Crippen molar-refractivity contribution in [2.45, 2.75) is 39.4 Å². The quantitative estimate of drug-likeness (QED) is 0.664. The summed E-state index contributed by atoms with van der Waals surface area (Å²) in [5.41, 5.74) is 2.75. The molecule has 0 fully saturated rings. The van der Waals surface area contributed by atoms with Gasteiger partial charge in [0.05, 0.1) is 17.1 Å². The zero-order valence-corrected chi connectivity index (χ0v) is 16.5. The molecule has 1 N–H and O–H groups in total. The van der Waals surface area contributed by atoms with Crippen LogP contribution in [0, 0.1) is 0 Å². The van der Waals surface area contributed by atoms with Gasteiger partial charge in [0, 0.05) is 24.0 Å². The maximum absolute atomic E-state index is 12.6. The lowest BCUT2D eigenvalue weighted by molar-refractivity contribution is -0.121. The predicted octanol–water partition coefficient (Wildman–Crippen LogP) is 3.85. The van der Waals surface area contributed by atoms with Crippen LogP contribution in [0.4, 0.5) is 0 Å². The molecule has 1 heterocycles. The maximum atomic E-state index is 12.6. The molecular formula is C20H22BrN3O2. The zero-order valence-electron chi connectivity index (χ0n) is 14.9. The van der Waals surface area contributed by atoms with Crippen LogP contribution in [-0.4, -0.2) is 15.0 Å². The normalized spacial score (nSPS) is 12.3. The van der Waals surface area contributed by atoms with Gasteiger partial charge in [0.2, 0.25) is 5.91 Å². The Morgan fingerprint density at radius 2 is 1.69 bits per heavy atom. The van der Waals surface area contributed by atoms with Crippen LogP contribution in [-0.2, 0) is 17.9 Å². The van der Waals surface area contributed by atoms with Crippen LogP contribution in [0.3, 0.4) is 0 Å². The van der Waals surface area contributed by atoms with E-state index in [-0.39, 0.29) is 24.1 Å². The van der Waals surface area contributed by atoms with Crippen molar-refractivity contribution in [1.29, 1.82) is 0 Å². The molecule has 6 heteroatoms. The number of rotatable bonds is 6. The number of aromatic nitrogens is 2. The molecule has 0 saturated heterocycles. The van der Waals surface area contributed by atoms with Gasteiger partial charge in [0.1, 0.15) is 0 Å². The van der Waals surface area contributed by atoms with Crippen molar-refractivity contribution >= 4 is 32.9 Å². The number of halogens is 1. The van der Waals surface area contributed by atoms with Gasteiger partial charge in [-0.15, -0.1) is 0 Å². The molecule has 1 aromatic heterocycles. The fourth-order valence-corrected chi connectivity index (χ4v) is 3.42. The molecule has 26 heavy (non-hydrogen) atoms. The fraction of sp³-hybridized carbons (Fsp3) is 0.300. The third-order valence-corrected chi connectivity index (χ3v) is 5.08. The Kier molecular flexibility index (Phi) is 5.61. The van der Waals surface area contributed by atoms with Crippen LogP contribution in [0.5, 0.6) is 0 Å². The minimum atomic E-state index is -0.0793. The first-order valence-corrected chi connectivity index (χ1v) is 9.53. The molecule has 0 aliphatic rings. The third-order valence-electron chi connectivity index (χ3n) is 4.55. The number of amides is 1. The topological polar surface area (TPSA) is 56.0 Å². The Hall–Kier alpha value is -2.34. The smallest absolute Gasteiger partial charge is 0.329 e. The molecule has 5 nitrogen and oxygen atoms in total. The average Bonchev–Trinajstić information content (AvgIpc) is 2.91. The van der Waals surface area contributed by atoms with E-state index in [9.17, 15) is 9.59 Å². The van der Waals surface area contributed by atoms with Crippen molar-refractivity contribution in [3.05, 3.63) is 69.1 Å². The SMILES string of the molecule is CCn1c(=O)n(CCC(=O)N[C@H](C)c2ccc(Br)cc2)c2ccccc21. The average molecular weight is 416 g/mol. The van der Waals surface area contributed by atoms with Crippen molar-refractivity contribution < 1.29 is 4.79 Å². The molecule has 0 aliphatic carbocycles. The number of benzene rings is 2. The van der Waals surface area contributed by atoms with E-state index in [1.165, 1.54) is 0 Å². The van der Waals surface area contributed by atoms with Crippen molar-refractivity contribution in [3.63, 3.8) is 0 Å². The van der Waals surface area contributed by atoms with Crippen LogP contribution >= 0.6 is 15.9 Å². The highest BCUT2D eigenvalue weighted by atomic mass is 79.9. The van der Waals surface area contributed by atoms with Gasteiger partial charge < -0.3 is 5.32 Å². The number of nitrogens with zero attached hydrogens (tertiary/aromatic N) is 2. The van der Waals surface area contributed by atoms with Crippen molar-refractivity contribution in [3.8, 4) is 0 Å². The number of para-hydroxylation sites is 2. The highest BCUT2D eigenvalue weighted by Crippen LogP contribution is 2.17. The number of carbonyl (C=O) groups is 1. The van der Waals surface area contributed by atoms with Gasteiger partial charge in [-0.25, -0.2) is 4.79 Å². The molecule has 136 valence electrons. The Bertz CT molecular complexity index is 973. The number of carbonyl (C=O) groups excluding carboxylic acids is 1. The molecule has 0 radical (unpaired) electrons. The van der Waals surface area contributed by atoms with E-state index in [2.05, 4.69) is 21.2 Å². The summed E-state index contributed by atoms with van der Waals surface area (Å²) in [6.45, 7) is 4.88. The first kappa shape index (κ1) is 18.5. The molecule has 0 aliphatic heterocycles. The lowest BCUT2D eigenvalue weighted by Gasteiger charge is -2.14. The van der Waals surface area contributed by atoms with Crippen LogP contribution in [0.2, 0.25) is 0 Å². The summed E-state index contributed by atoms with van der Waals surface area (Å²) in [5, 5.41) is 3.00. The number of hydrogen-bond donors (Lipinski definition) is 1. The highest BCUT2D eigenvalue weighted by Gasteiger charge is 2.14. The van der Waals surface area contributed by atoms with Gasteiger partial charge in [-0.2, -0.15) is 0 Å². The maximum Gasteiger partial charge on any atom is 0.329 e. The van der Waals surface area contributed by atoms with E-state index < -0.39 is 0 Å². The monoisotopic (exact) mass is 415 g/mol. The lowest BCUT2D eigenvalue weighted by Crippen LogP contribution is -2.30. The third kappa shape index (κ3) is 3.75. The highest BCUT2D eigenvalue weighted by molar-refractivity contribution is 9.10. The van der Waals surface area contributed by atoms with Gasteiger partial charge >= 0.3 is 5.69 Å². The second-order valence-electron chi connectivity index (χ2n) is 6.26. The molecule has 0 unspecified atom stereocenters. The molecule has 0 bridgehead atoms. The minimum absolute atomic E-state index is 0.0672. The molecule has 3 aromatic rings. The van der Waals surface area contributed by atoms with Crippen LogP contribution in [0.1, 0.15) is 31.9 Å². The van der Waals surface area contributed by atoms with Gasteiger partial charge in [0.25, 0.3) is 0 Å². The Balaban J connectivity index is 1.70. The van der Waals surface area contributed by atoms with Crippen LogP contribution < -0.4 is 11.0 Å². The van der Waals surface area contributed by atoms with Gasteiger partial charge in [-0.1, -0.05) is 40.2 Å². The first-order chi connectivity index (χ1) is 12.5. The van der Waals surface area contributed by atoms with Crippen LogP contribution in [0.25, 0.3) is 11.0 Å². The predicted molar refractivity (Wildman–Crippen MR) is 107 cm³/mol. The molecular weight excluding hydrogens is 394 g/mol. The number of hydrogen-bond acceptors (Lipinski definition) is 2. The van der Waals surface area contributed by atoms with Gasteiger partial charge in [0.15, 0.2) is 0 Å². The van der Waals surface area contributed by atoms with E-state index in [0.29, 0.717) is 13.1 Å². The number of aryl methyl sites for hydroxylation is 2. The molecule has 1 amide bonds. The first-order valence-electron chi connectivity index (χ1n) is 8.74. The van der Waals surface area contributed by atoms with E-state index in [4.69, 9.17) is 0 Å². The van der Waals surface area contributed by atoms with E-state index in [0.717, 1.165) is 21.1 Å². The summed E-state index contributed by atoms with van der Waals surface area (Å²) in [6, 6.07) is 15.5. The fourth-order valence-electron chi connectivity index (χ4n) is 3.16. The summed E-state index contributed by atoms with van der Waals surface area (Å²) in [4.78, 5) is 24.9. The molecule has 3 rings (SSSR count). The van der Waals surface area contributed by atoms with Crippen molar-refractivity contribution in [2.24, 2.45) is 0 Å². The van der Waals surface area contributed by atoms with Gasteiger partial charge in [-0.3, -0.25) is 13.9 Å². The number of nitrogens with one attached hydrogen (secondary N) is 1. The van der Waals surface area contributed by atoms with Crippen molar-refractivity contribution in [1.82, 2.24) is 14.5 Å². The van der Waals surface area contributed by atoms with Crippen LogP contribution in [0.15, 0.2) is 57.8 Å². The summed E-state index contributed by atoms with van der Waals surface area (Å²) in [7, 11) is 0. The minimum Gasteiger partial charge on any atom is -0.350 e. The number of imidazole rings is 1. The summed E-state index contributed by atoms with van der Waals surface area (Å²) in [5.74, 6) is -0.0688. The summed E-state index contributed by atoms with van der Waals surface area (Å²) < 4.78 is 4.42. The van der Waals surface area contributed by atoms with E-state index in [1.807, 2.05) is 62.4 Å². The standard InChI is InChI=1S/C20H22BrN3O2/c1-3-23-17-6-4-5-7-18(17)24(20(23)26)13-12-19(25)22-14(2)15-8-10-16(21)11-9-15/h4-11,14H,3,12-13H2,1-2H3,(H,22,25)/t14-/m1/s1. The molecule has 0 saturated carbocycles. The molecule has 2 aromatic carbocycles. The largest absolute Gasteiger partial charge is 0.350 e. The van der Waals surface area contributed by atoms with Gasteiger partial charge in [-0.05, 0) is 43.7 Å². The Morgan fingerprint density at radius 1 is 1.08 bits per heavy atom. The molecule has 0 spiro atoms. The second-order valence-corrected chi connectivity index (χ2v) is 7.17. The van der Waals surface area contributed by atoms with E-state index in [1.54, 1.807) is 9.13 Å². The zero-order chi connectivity index (χ0) is 18.7. The summed E-state index contributed by atoms with van der Waals surface area (Å²) >= 11 is 3.41. The number of fused-ring (bicyclic) bond motifs is 1. The Labute approximate surface area is 160 Å². The molecule has 1 atom stereocenters. The van der Waals surface area contributed by atoms with E-state index >= 15 is 0 Å². The summed E-state index contributed by atoms with van der Waals surface area (Å²) in [6.07, 6.45) is 0.262. The van der Waals surface area contributed by atoms with Crippen molar-refractivity contribution in [2.75, 3.05) is 0 Å². The second kappa shape index (κ2) is 7.91. The lowest BCUT2D eigenvalue weighted by atomic mass is 10.1. The Morgan fingerprint density at radius 3 is 2.31 bits per heavy atom.